The van der Waals surface area contributed by atoms with Gasteiger partial charge >= 0.3 is 0 Å². The molecule has 1 aromatic carbocycles. The topological polar surface area (TPSA) is 79.3 Å². The lowest BCUT2D eigenvalue weighted by Crippen LogP contribution is -2.32. The van der Waals surface area contributed by atoms with E-state index in [1.54, 1.807) is 24.3 Å². The van der Waals surface area contributed by atoms with E-state index in [1.807, 2.05) is 6.92 Å². The predicted octanol–water partition coefficient (Wildman–Crippen LogP) is 1.27. The van der Waals surface area contributed by atoms with Gasteiger partial charge in [-0.05, 0) is 24.1 Å². The van der Waals surface area contributed by atoms with Crippen molar-refractivity contribution in [2.75, 3.05) is 0 Å². The zero-order valence-electron chi connectivity index (χ0n) is 8.73. The Hall–Kier alpha value is -1.55. The van der Waals surface area contributed by atoms with Crippen molar-refractivity contribution in [3.8, 4) is 5.75 Å². The zero-order valence-corrected chi connectivity index (χ0v) is 8.73. The Balaban J connectivity index is 2.67. The third-order valence-corrected chi connectivity index (χ3v) is 2.10. The minimum atomic E-state index is -0.370. The Bertz CT molecular complexity index is 322. The highest BCUT2D eigenvalue weighted by atomic mass is 16.5. The van der Waals surface area contributed by atoms with E-state index in [0.29, 0.717) is 12.2 Å². The number of benzene rings is 1. The van der Waals surface area contributed by atoms with Crippen LogP contribution in [0.5, 0.6) is 5.75 Å². The molecule has 0 fully saturated rings. The van der Waals surface area contributed by atoms with Crippen molar-refractivity contribution in [2.45, 2.75) is 26.1 Å². The molecule has 0 radical (unpaired) electrons. The van der Waals surface area contributed by atoms with E-state index >= 15 is 0 Å². The van der Waals surface area contributed by atoms with E-state index < -0.39 is 0 Å². The van der Waals surface area contributed by atoms with Crippen molar-refractivity contribution in [3.63, 3.8) is 0 Å². The molecule has 4 nitrogen and oxygen atoms in total. The van der Waals surface area contributed by atoms with Crippen LogP contribution in [0.25, 0.3) is 0 Å². The maximum atomic E-state index is 8.85. The number of aliphatic hydroxyl groups is 1. The first-order chi connectivity index (χ1) is 7.17. The first kappa shape index (κ1) is 11.5. The van der Waals surface area contributed by atoms with E-state index in [0.717, 1.165) is 5.56 Å². The molecule has 0 bridgehead atoms. The number of aliphatic hydroxyl groups excluding tert-OH is 1. The largest absolute Gasteiger partial charge is 0.483 e. The van der Waals surface area contributed by atoms with Crippen molar-refractivity contribution in [3.05, 3.63) is 29.8 Å². The molecule has 1 rings (SSSR count). The number of rotatable bonds is 5. The Morgan fingerprint density at radius 1 is 1.47 bits per heavy atom. The molecule has 1 aromatic rings. The molecule has 0 heterocycles. The maximum Gasteiger partial charge on any atom is 0.155 e. The molecule has 1 atom stereocenters. The minimum absolute atomic E-state index is 0.0181. The van der Waals surface area contributed by atoms with Gasteiger partial charge in [0, 0.05) is 0 Å². The number of nitrogens with two attached hydrogens (primary N) is 1. The van der Waals surface area contributed by atoms with Crippen LogP contribution in [-0.2, 0) is 6.61 Å². The van der Waals surface area contributed by atoms with Gasteiger partial charge in [0.15, 0.2) is 6.10 Å². The Morgan fingerprint density at radius 3 is 2.47 bits per heavy atom. The van der Waals surface area contributed by atoms with Crippen molar-refractivity contribution in [1.82, 2.24) is 0 Å². The van der Waals surface area contributed by atoms with Crippen molar-refractivity contribution in [2.24, 2.45) is 5.73 Å². The highest BCUT2D eigenvalue weighted by molar-refractivity contribution is 5.81. The molecule has 0 spiro atoms. The summed E-state index contributed by atoms with van der Waals surface area (Å²) in [6.45, 7) is 1.93. The van der Waals surface area contributed by atoms with Gasteiger partial charge < -0.3 is 15.6 Å². The minimum Gasteiger partial charge on any atom is -0.483 e. The van der Waals surface area contributed by atoms with Crippen LogP contribution in [0.15, 0.2) is 24.3 Å². The van der Waals surface area contributed by atoms with E-state index in [9.17, 15) is 0 Å². The van der Waals surface area contributed by atoms with Crippen LogP contribution in [0.1, 0.15) is 18.9 Å². The van der Waals surface area contributed by atoms with Gasteiger partial charge in [0.2, 0.25) is 0 Å². The summed E-state index contributed by atoms with van der Waals surface area (Å²) >= 11 is 0. The summed E-state index contributed by atoms with van der Waals surface area (Å²) in [7, 11) is 0. The van der Waals surface area contributed by atoms with Gasteiger partial charge in [-0.2, -0.15) is 0 Å². The van der Waals surface area contributed by atoms with Crippen LogP contribution in [0.4, 0.5) is 0 Å². The second-order valence-electron chi connectivity index (χ2n) is 3.27. The molecule has 0 saturated heterocycles. The molecule has 0 aliphatic heterocycles. The number of hydrogen-bond acceptors (Lipinski definition) is 3. The van der Waals surface area contributed by atoms with Gasteiger partial charge in [0.1, 0.15) is 11.6 Å². The summed E-state index contributed by atoms with van der Waals surface area (Å²) in [5.41, 5.74) is 6.20. The maximum absolute atomic E-state index is 8.85. The Labute approximate surface area is 89.2 Å². The quantitative estimate of drug-likeness (QED) is 0.503. The van der Waals surface area contributed by atoms with Gasteiger partial charge in [0.05, 0.1) is 6.61 Å². The number of amidine groups is 1. The molecule has 0 aromatic heterocycles. The Morgan fingerprint density at radius 2 is 2.07 bits per heavy atom. The molecule has 15 heavy (non-hydrogen) atoms. The van der Waals surface area contributed by atoms with Crippen molar-refractivity contribution < 1.29 is 9.84 Å². The lowest BCUT2D eigenvalue weighted by Gasteiger charge is -2.15. The van der Waals surface area contributed by atoms with Gasteiger partial charge in [-0.15, -0.1) is 0 Å². The van der Waals surface area contributed by atoms with Crippen LogP contribution >= 0.6 is 0 Å². The van der Waals surface area contributed by atoms with E-state index in [-0.39, 0.29) is 18.5 Å². The van der Waals surface area contributed by atoms with E-state index in [2.05, 4.69) is 0 Å². The van der Waals surface area contributed by atoms with Crippen LogP contribution in [0, 0.1) is 5.41 Å². The highest BCUT2D eigenvalue weighted by Crippen LogP contribution is 2.14. The molecule has 0 amide bonds. The van der Waals surface area contributed by atoms with Gasteiger partial charge in [0.25, 0.3) is 0 Å². The monoisotopic (exact) mass is 208 g/mol. The number of hydrogen-bond donors (Lipinski definition) is 3. The fraction of sp³-hybridized carbons (Fsp3) is 0.364. The molecule has 1 unspecified atom stereocenters. The average Bonchev–Trinajstić information content (AvgIpc) is 2.26. The lowest BCUT2D eigenvalue weighted by molar-refractivity contribution is 0.259. The first-order valence-corrected chi connectivity index (χ1v) is 4.87. The van der Waals surface area contributed by atoms with Crippen LogP contribution < -0.4 is 10.5 Å². The van der Waals surface area contributed by atoms with Crippen LogP contribution in [-0.4, -0.2) is 17.0 Å². The van der Waals surface area contributed by atoms with Crippen LogP contribution in [0.3, 0.4) is 0 Å². The summed E-state index contributed by atoms with van der Waals surface area (Å²) in [5, 5.41) is 16.1. The van der Waals surface area contributed by atoms with Gasteiger partial charge in [-0.25, -0.2) is 0 Å². The number of ether oxygens (including phenoxy) is 1. The van der Waals surface area contributed by atoms with Crippen molar-refractivity contribution in [1.29, 1.82) is 5.41 Å². The molecule has 4 N–H and O–H groups in total. The van der Waals surface area contributed by atoms with Gasteiger partial charge in [-0.1, -0.05) is 19.1 Å². The molecular weight excluding hydrogens is 192 g/mol. The standard InChI is InChI=1S/C11H16N2O2/c1-2-10(11(12)13)15-9-5-3-8(7-14)4-6-9/h3-6,10,14H,2,7H2,1H3,(H3,12,13). The molecule has 0 aliphatic carbocycles. The van der Waals surface area contributed by atoms with Gasteiger partial charge in [-0.3, -0.25) is 5.41 Å². The van der Waals surface area contributed by atoms with Crippen molar-refractivity contribution >= 4 is 5.84 Å². The third-order valence-electron chi connectivity index (χ3n) is 2.10. The number of nitrogens with one attached hydrogen (secondary N) is 1. The smallest absolute Gasteiger partial charge is 0.155 e. The zero-order chi connectivity index (χ0) is 11.3. The summed E-state index contributed by atoms with van der Waals surface area (Å²) in [6.07, 6.45) is 0.293. The fourth-order valence-corrected chi connectivity index (χ4v) is 1.20. The summed E-state index contributed by atoms with van der Waals surface area (Å²) in [4.78, 5) is 0. The predicted molar refractivity (Wildman–Crippen MR) is 59.0 cm³/mol. The molecule has 82 valence electrons. The molecular formula is C11H16N2O2. The SMILES string of the molecule is CCC(Oc1ccc(CO)cc1)C(=N)N. The first-order valence-electron chi connectivity index (χ1n) is 4.87. The average molecular weight is 208 g/mol. The fourth-order valence-electron chi connectivity index (χ4n) is 1.20. The summed E-state index contributed by atoms with van der Waals surface area (Å²) in [6, 6.07) is 7.08. The normalized spacial score (nSPS) is 12.1. The van der Waals surface area contributed by atoms with Crippen LogP contribution in [0.2, 0.25) is 0 Å². The highest BCUT2D eigenvalue weighted by Gasteiger charge is 2.10. The molecule has 4 heteroatoms. The lowest BCUT2D eigenvalue weighted by atomic mass is 10.2. The molecule has 0 aliphatic rings. The summed E-state index contributed by atoms with van der Waals surface area (Å²) in [5.74, 6) is 0.693. The second-order valence-corrected chi connectivity index (χ2v) is 3.27. The van der Waals surface area contributed by atoms with E-state index in [1.165, 1.54) is 0 Å². The summed E-state index contributed by atoms with van der Waals surface area (Å²) < 4.78 is 5.49. The van der Waals surface area contributed by atoms with E-state index in [4.69, 9.17) is 21.0 Å². The second kappa shape index (κ2) is 5.36. The third kappa shape index (κ3) is 3.25. The molecule has 0 saturated carbocycles. The Kier molecular flexibility index (Phi) is 4.12.